The minimum Gasteiger partial charge on any atom is -0.276 e. The Kier molecular flexibility index (Phi) is 3.45. The average molecular weight is 301 g/mol. The molecular formula is C9H5BrClF3O. The van der Waals surface area contributed by atoms with E-state index in [9.17, 15) is 18.0 Å². The molecule has 0 saturated heterocycles. The SMILES string of the molecule is Cc1c(Br)cc(C(=O)Cl)cc1C(F)(F)F. The molecule has 0 aromatic heterocycles. The molecule has 0 fully saturated rings. The van der Waals surface area contributed by atoms with E-state index in [4.69, 9.17) is 11.6 Å². The lowest BCUT2D eigenvalue weighted by molar-refractivity contribution is -0.138. The Labute approximate surface area is 97.4 Å². The van der Waals surface area contributed by atoms with E-state index in [-0.39, 0.29) is 15.6 Å². The number of carbonyl (C=O) groups is 1. The molecule has 0 heterocycles. The smallest absolute Gasteiger partial charge is 0.276 e. The second-order valence-electron chi connectivity index (χ2n) is 2.90. The Bertz CT molecular complexity index is 415. The molecule has 1 aromatic rings. The second-order valence-corrected chi connectivity index (χ2v) is 4.10. The van der Waals surface area contributed by atoms with Gasteiger partial charge in [-0.25, -0.2) is 0 Å². The van der Waals surface area contributed by atoms with Gasteiger partial charge in [0.1, 0.15) is 0 Å². The maximum Gasteiger partial charge on any atom is 0.416 e. The Hall–Kier alpha value is -0.550. The summed E-state index contributed by atoms with van der Waals surface area (Å²) in [4.78, 5) is 10.8. The Balaban J connectivity index is 3.45. The van der Waals surface area contributed by atoms with Crippen LogP contribution in [0.25, 0.3) is 0 Å². The molecule has 0 aliphatic heterocycles. The van der Waals surface area contributed by atoms with Crippen LogP contribution in [0.15, 0.2) is 16.6 Å². The summed E-state index contributed by atoms with van der Waals surface area (Å²) in [7, 11) is 0. The first-order valence-electron chi connectivity index (χ1n) is 3.80. The van der Waals surface area contributed by atoms with E-state index in [0.717, 1.165) is 6.07 Å². The Morgan fingerprint density at radius 1 is 1.40 bits per heavy atom. The molecule has 0 atom stereocenters. The van der Waals surface area contributed by atoms with E-state index in [1.807, 2.05) is 0 Å². The Morgan fingerprint density at radius 3 is 2.33 bits per heavy atom. The summed E-state index contributed by atoms with van der Waals surface area (Å²) in [6.07, 6.45) is -4.49. The molecule has 82 valence electrons. The number of carbonyl (C=O) groups excluding carboxylic acids is 1. The highest BCUT2D eigenvalue weighted by Gasteiger charge is 2.33. The van der Waals surface area contributed by atoms with E-state index in [1.54, 1.807) is 0 Å². The van der Waals surface area contributed by atoms with E-state index in [2.05, 4.69) is 15.9 Å². The maximum absolute atomic E-state index is 12.5. The lowest BCUT2D eigenvalue weighted by Crippen LogP contribution is -2.09. The van der Waals surface area contributed by atoms with Crippen molar-refractivity contribution in [1.82, 2.24) is 0 Å². The molecule has 0 saturated carbocycles. The van der Waals surface area contributed by atoms with Gasteiger partial charge >= 0.3 is 6.18 Å². The second kappa shape index (κ2) is 4.14. The van der Waals surface area contributed by atoms with Crippen LogP contribution in [0.3, 0.4) is 0 Å². The molecular weight excluding hydrogens is 296 g/mol. The van der Waals surface area contributed by atoms with Crippen molar-refractivity contribution in [3.8, 4) is 0 Å². The van der Waals surface area contributed by atoms with Crippen molar-refractivity contribution in [2.45, 2.75) is 13.1 Å². The van der Waals surface area contributed by atoms with Crippen LogP contribution in [-0.2, 0) is 6.18 Å². The first-order valence-corrected chi connectivity index (χ1v) is 4.97. The highest BCUT2D eigenvalue weighted by Crippen LogP contribution is 2.35. The van der Waals surface area contributed by atoms with Gasteiger partial charge < -0.3 is 0 Å². The number of benzene rings is 1. The highest BCUT2D eigenvalue weighted by atomic mass is 79.9. The molecule has 0 spiro atoms. The van der Waals surface area contributed by atoms with Crippen LogP contribution in [-0.4, -0.2) is 5.24 Å². The number of alkyl halides is 3. The standard InChI is InChI=1S/C9H5BrClF3O/c1-4-6(9(12,13)14)2-5(8(11)15)3-7(4)10/h2-3H,1H3. The van der Waals surface area contributed by atoms with E-state index < -0.39 is 17.0 Å². The van der Waals surface area contributed by atoms with Crippen molar-refractivity contribution in [3.05, 3.63) is 33.3 Å². The summed E-state index contributed by atoms with van der Waals surface area (Å²) in [5.74, 6) is 0. The molecule has 1 nitrogen and oxygen atoms in total. The topological polar surface area (TPSA) is 17.1 Å². The third-order valence-electron chi connectivity index (χ3n) is 1.88. The molecule has 0 unspecified atom stereocenters. The zero-order valence-corrected chi connectivity index (χ0v) is 9.79. The van der Waals surface area contributed by atoms with Crippen LogP contribution in [0, 0.1) is 6.92 Å². The number of hydrogen-bond acceptors (Lipinski definition) is 1. The lowest BCUT2D eigenvalue weighted by atomic mass is 10.1. The average Bonchev–Trinajstić information content (AvgIpc) is 2.06. The highest BCUT2D eigenvalue weighted by molar-refractivity contribution is 9.10. The van der Waals surface area contributed by atoms with Gasteiger partial charge in [0.15, 0.2) is 0 Å². The van der Waals surface area contributed by atoms with Crippen molar-refractivity contribution in [2.75, 3.05) is 0 Å². The van der Waals surface area contributed by atoms with Gasteiger partial charge in [-0.15, -0.1) is 0 Å². The monoisotopic (exact) mass is 300 g/mol. The van der Waals surface area contributed by atoms with Gasteiger partial charge in [0.05, 0.1) is 5.56 Å². The lowest BCUT2D eigenvalue weighted by Gasteiger charge is -2.12. The number of halogens is 5. The largest absolute Gasteiger partial charge is 0.416 e. The quantitative estimate of drug-likeness (QED) is 0.712. The first-order chi connectivity index (χ1) is 6.73. The van der Waals surface area contributed by atoms with Gasteiger partial charge in [-0.1, -0.05) is 15.9 Å². The van der Waals surface area contributed by atoms with Gasteiger partial charge in [-0.05, 0) is 36.2 Å². The molecule has 0 aliphatic carbocycles. The summed E-state index contributed by atoms with van der Waals surface area (Å²) < 4.78 is 37.7. The van der Waals surface area contributed by atoms with E-state index in [0.29, 0.717) is 0 Å². The number of hydrogen-bond donors (Lipinski definition) is 0. The van der Waals surface area contributed by atoms with Crippen LogP contribution >= 0.6 is 27.5 Å². The van der Waals surface area contributed by atoms with Crippen LogP contribution in [0.2, 0.25) is 0 Å². The molecule has 15 heavy (non-hydrogen) atoms. The normalized spacial score (nSPS) is 11.6. The van der Waals surface area contributed by atoms with Gasteiger partial charge in [0, 0.05) is 10.0 Å². The summed E-state index contributed by atoms with van der Waals surface area (Å²) in [6.45, 7) is 1.31. The Morgan fingerprint density at radius 2 is 1.93 bits per heavy atom. The summed E-state index contributed by atoms with van der Waals surface area (Å²) >= 11 is 8.07. The number of rotatable bonds is 1. The maximum atomic E-state index is 12.5. The zero-order valence-electron chi connectivity index (χ0n) is 7.45. The summed E-state index contributed by atoms with van der Waals surface area (Å²) in [6, 6.07) is 2.01. The van der Waals surface area contributed by atoms with E-state index in [1.165, 1.54) is 13.0 Å². The fraction of sp³-hybridized carbons (Fsp3) is 0.222. The van der Waals surface area contributed by atoms with Crippen LogP contribution in [0.1, 0.15) is 21.5 Å². The van der Waals surface area contributed by atoms with Crippen molar-refractivity contribution in [1.29, 1.82) is 0 Å². The predicted molar refractivity (Wildman–Crippen MR) is 54.1 cm³/mol. The van der Waals surface area contributed by atoms with Gasteiger partial charge in [0.2, 0.25) is 0 Å². The summed E-state index contributed by atoms with van der Waals surface area (Å²) in [5, 5.41) is -0.916. The molecule has 0 radical (unpaired) electrons. The molecule has 0 amide bonds. The predicted octanol–water partition coefficient (Wildman–Crippen LogP) is 4.16. The zero-order chi connectivity index (χ0) is 11.8. The van der Waals surface area contributed by atoms with Gasteiger partial charge in [-0.2, -0.15) is 13.2 Å². The molecule has 0 N–H and O–H groups in total. The van der Waals surface area contributed by atoms with Crippen LogP contribution < -0.4 is 0 Å². The molecule has 1 rings (SSSR count). The fourth-order valence-electron chi connectivity index (χ4n) is 1.09. The molecule has 1 aromatic carbocycles. The van der Waals surface area contributed by atoms with Gasteiger partial charge in [-0.3, -0.25) is 4.79 Å². The van der Waals surface area contributed by atoms with Crippen LogP contribution in [0.5, 0.6) is 0 Å². The van der Waals surface area contributed by atoms with Crippen molar-refractivity contribution in [3.63, 3.8) is 0 Å². The molecule has 0 bridgehead atoms. The third-order valence-corrected chi connectivity index (χ3v) is 2.92. The molecule has 6 heteroatoms. The van der Waals surface area contributed by atoms with Crippen molar-refractivity contribution < 1.29 is 18.0 Å². The minimum atomic E-state index is -4.49. The third kappa shape index (κ3) is 2.72. The van der Waals surface area contributed by atoms with E-state index >= 15 is 0 Å². The van der Waals surface area contributed by atoms with Crippen LogP contribution in [0.4, 0.5) is 13.2 Å². The molecule has 0 aliphatic rings. The summed E-state index contributed by atoms with van der Waals surface area (Å²) in [5.41, 5.74) is -1.01. The fourth-order valence-corrected chi connectivity index (χ4v) is 1.66. The van der Waals surface area contributed by atoms with Gasteiger partial charge in [0.25, 0.3) is 5.24 Å². The first kappa shape index (κ1) is 12.5. The minimum absolute atomic E-state index is 0.0316. The van der Waals surface area contributed by atoms with Crippen molar-refractivity contribution in [2.24, 2.45) is 0 Å². The van der Waals surface area contributed by atoms with Crippen molar-refractivity contribution >= 4 is 32.8 Å².